The van der Waals surface area contributed by atoms with Gasteiger partial charge in [0.1, 0.15) is 6.04 Å². The van der Waals surface area contributed by atoms with E-state index in [2.05, 4.69) is 10.6 Å². The molecule has 5 nitrogen and oxygen atoms in total. The molecule has 7 heteroatoms. The molecular formula is C20H23Cl2N3O2. The van der Waals surface area contributed by atoms with Crippen molar-refractivity contribution in [3.63, 3.8) is 0 Å². The number of amides is 2. The van der Waals surface area contributed by atoms with Gasteiger partial charge < -0.3 is 16.4 Å². The molecule has 2 amide bonds. The number of rotatable bonds is 8. The van der Waals surface area contributed by atoms with Gasteiger partial charge in [-0.2, -0.15) is 0 Å². The number of hydrogen-bond acceptors (Lipinski definition) is 3. The highest BCUT2D eigenvalue weighted by molar-refractivity contribution is 6.33. The lowest BCUT2D eigenvalue weighted by molar-refractivity contribution is -0.129. The third-order valence-corrected chi connectivity index (χ3v) is 4.74. The van der Waals surface area contributed by atoms with Gasteiger partial charge in [0.15, 0.2) is 0 Å². The van der Waals surface area contributed by atoms with Gasteiger partial charge in [-0.3, -0.25) is 9.59 Å². The largest absolute Gasteiger partial charge is 0.350 e. The molecular weight excluding hydrogens is 385 g/mol. The van der Waals surface area contributed by atoms with Crippen LogP contribution in [-0.2, 0) is 22.6 Å². The fourth-order valence-electron chi connectivity index (χ4n) is 2.50. The van der Waals surface area contributed by atoms with Gasteiger partial charge in [-0.25, -0.2) is 0 Å². The van der Waals surface area contributed by atoms with Crippen molar-refractivity contribution in [3.05, 3.63) is 69.7 Å². The quantitative estimate of drug-likeness (QED) is 0.628. The molecule has 4 N–H and O–H groups in total. The maximum Gasteiger partial charge on any atom is 0.242 e. The van der Waals surface area contributed by atoms with E-state index in [-0.39, 0.29) is 18.4 Å². The lowest BCUT2D eigenvalue weighted by atomic mass is 10.1. The zero-order valence-corrected chi connectivity index (χ0v) is 16.6. The predicted octanol–water partition coefficient (Wildman–Crippen LogP) is 3.07. The van der Waals surface area contributed by atoms with Gasteiger partial charge >= 0.3 is 0 Å². The molecule has 0 saturated carbocycles. The van der Waals surface area contributed by atoms with Gasteiger partial charge in [-0.1, -0.05) is 53.5 Å². The number of benzene rings is 2. The molecule has 0 fully saturated rings. The van der Waals surface area contributed by atoms with Crippen LogP contribution in [0.2, 0.25) is 10.0 Å². The van der Waals surface area contributed by atoms with Gasteiger partial charge in [-0.05, 0) is 49.1 Å². The Bertz CT molecular complexity index is 784. The topological polar surface area (TPSA) is 84.2 Å². The molecule has 0 aliphatic carbocycles. The SMILES string of the molecule is C[C@H](NC(=O)[C@H](N)CCc1ccccc1)C(=O)NCc1cc(Cl)ccc1Cl. The van der Waals surface area contributed by atoms with E-state index in [1.807, 2.05) is 30.3 Å². The standard InChI is InChI=1S/C20H23Cl2N3O2/c1-13(19(26)24-12-15-11-16(21)8-9-17(15)22)25-20(27)18(23)10-7-14-5-3-2-4-6-14/h2-6,8-9,11,13,18H,7,10,12,23H2,1H3,(H,24,26)(H,25,27)/t13-,18+/m0/s1. The van der Waals surface area contributed by atoms with E-state index in [0.29, 0.717) is 28.5 Å². The Morgan fingerprint density at radius 2 is 1.78 bits per heavy atom. The van der Waals surface area contributed by atoms with Gasteiger partial charge in [0.25, 0.3) is 0 Å². The van der Waals surface area contributed by atoms with Crippen LogP contribution in [0.1, 0.15) is 24.5 Å². The van der Waals surface area contributed by atoms with Crippen molar-refractivity contribution in [1.82, 2.24) is 10.6 Å². The fourth-order valence-corrected chi connectivity index (χ4v) is 2.88. The summed E-state index contributed by atoms with van der Waals surface area (Å²) < 4.78 is 0. The highest BCUT2D eigenvalue weighted by Gasteiger charge is 2.20. The lowest BCUT2D eigenvalue weighted by Crippen LogP contribution is -2.50. The minimum absolute atomic E-state index is 0.221. The molecule has 2 aromatic rings. The Morgan fingerprint density at radius 1 is 1.07 bits per heavy atom. The molecule has 2 atom stereocenters. The minimum Gasteiger partial charge on any atom is -0.350 e. The molecule has 0 unspecified atom stereocenters. The van der Waals surface area contributed by atoms with Crippen molar-refractivity contribution in [2.24, 2.45) is 5.73 Å². The maximum absolute atomic E-state index is 12.2. The van der Waals surface area contributed by atoms with Crippen molar-refractivity contribution in [1.29, 1.82) is 0 Å². The average Bonchev–Trinajstić information content (AvgIpc) is 2.67. The summed E-state index contributed by atoms with van der Waals surface area (Å²) in [5, 5.41) is 6.42. The van der Waals surface area contributed by atoms with Crippen LogP contribution in [0.3, 0.4) is 0 Å². The zero-order valence-electron chi connectivity index (χ0n) is 15.0. The Labute approximate surface area is 169 Å². The van der Waals surface area contributed by atoms with E-state index in [0.717, 1.165) is 5.56 Å². The number of nitrogens with one attached hydrogen (secondary N) is 2. The van der Waals surface area contributed by atoms with Gasteiger partial charge in [0.2, 0.25) is 11.8 Å². The van der Waals surface area contributed by atoms with E-state index in [1.165, 1.54) is 0 Å². The van der Waals surface area contributed by atoms with Crippen LogP contribution in [-0.4, -0.2) is 23.9 Å². The highest BCUT2D eigenvalue weighted by Crippen LogP contribution is 2.20. The van der Waals surface area contributed by atoms with Crippen LogP contribution in [0, 0.1) is 0 Å². The van der Waals surface area contributed by atoms with Crippen LogP contribution in [0.5, 0.6) is 0 Å². The van der Waals surface area contributed by atoms with Crippen molar-refractivity contribution in [2.45, 2.75) is 38.4 Å². The normalized spacial score (nSPS) is 12.9. The molecule has 0 bridgehead atoms. The molecule has 0 heterocycles. The summed E-state index contributed by atoms with van der Waals surface area (Å²) >= 11 is 12.0. The van der Waals surface area contributed by atoms with E-state index in [4.69, 9.17) is 28.9 Å². The summed E-state index contributed by atoms with van der Waals surface area (Å²) in [6, 6.07) is 13.4. The van der Waals surface area contributed by atoms with Crippen LogP contribution in [0.25, 0.3) is 0 Å². The second-order valence-electron chi connectivity index (χ2n) is 6.31. The van der Waals surface area contributed by atoms with Gasteiger partial charge in [-0.15, -0.1) is 0 Å². The number of halogens is 2. The van der Waals surface area contributed by atoms with E-state index < -0.39 is 12.1 Å². The Hall–Kier alpha value is -2.08. The van der Waals surface area contributed by atoms with Crippen LogP contribution in [0.15, 0.2) is 48.5 Å². The monoisotopic (exact) mass is 407 g/mol. The molecule has 2 rings (SSSR count). The fraction of sp³-hybridized carbons (Fsp3) is 0.300. The Kier molecular flexibility index (Phi) is 8.10. The first-order chi connectivity index (χ1) is 12.9. The number of nitrogens with two attached hydrogens (primary N) is 1. The molecule has 2 aromatic carbocycles. The highest BCUT2D eigenvalue weighted by atomic mass is 35.5. The molecule has 0 aliphatic rings. The van der Waals surface area contributed by atoms with E-state index in [9.17, 15) is 9.59 Å². The zero-order chi connectivity index (χ0) is 19.8. The smallest absolute Gasteiger partial charge is 0.242 e. The van der Waals surface area contributed by atoms with Crippen molar-refractivity contribution < 1.29 is 9.59 Å². The third-order valence-electron chi connectivity index (χ3n) is 4.14. The van der Waals surface area contributed by atoms with Crippen molar-refractivity contribution in [3.8, 4) is 0 Å². The summed E-state index contributed by atoms with van der Waals surface area (Å²) in [5.41, 5.74) is 7.76. The molecule has 0 spiro atoms. The van der Waals surface area contributed by atoms with Crippen LogP contribution in [0.4, 0.5) is 0 Å². The second kappa shape index (κ2) is 10.3. The molecule has 0 radical (unpaired) electrons. The summed E-state index contributed by atoms with van der Waals surface area (Å²) in [6.45, 7) is 1.83. The second-order valence-corrected chi connectivity index (χ2v) is 7.16. The molecule has 0 saturated heterocycles. The first-order valence-electron chi connectivity index (χ1n) is 8.68. The summed E-state index contributed by atoms with van der Waals surface area (Å²) in [7, 11) is 0. The first-order valence-corrected chi connectivity index (χ1v) is 9.44. The molecule has 0 aliphatic heterocycles. The number of carbonyl (C=O) groups excluding carboxylic acids is 2. The molecule has 27 heavy (non-hydrogen) atoms. The summed E-state index contributed by atoms with van der Waals surface area (Å²) in [6.07, 6.45) is 1.20. The number of carbonyl (C=O) groups is 2. The lowest BCUT2D eigenvalue weighted by Gasteiger charge is -2.17. The first kappa shape index (κ1) is 21.2. The van der Waals surface area contributed by atoms with Gasteiger partial charge in [0, 0.05) is 16.6 Å². The minimum atomic E-state index is -0.710. The number of aryl methyl sites for hydroxylation is 1. The van der Waals surface area contributed by atoms with Gasteiger partial charge in [0.05, 0.1) is 6.04 Å². The molecule has 144 valence electrons. The van der Waals surface area contributed by atoms with Crippen LogP contribution < -0.4 is 16.4 Å². The number of hydrogen-bond donors (Lipinski definition) is 3. The van der Waals surface area contributed by atoms with E-state index in [1.54, 1.807) is 25.1 Å². The summed E-state index contributed by atoms with van der Waals surface area (Å²) in [4.78, 5) is 24.4. The third kappa shape index (κ3) is 6.86. The summed E-state index contributed by atoms with van der Waals surface area (Å²) in [5.74, 6) is -0.677. The van der Waals surface area contributed by atoms with Crippen molar-refractivity contribution >= 4 is 35.0 Å². The van der Waals surface area contributed by atoms with Crippen molar-refractivity contribution in [2.75, 3.05) is 0 Å². The molecule has 0 aromatic heterocycles. The average molecular weight is 408 g/mol. The van der Waals surface area contributed by atoms with E-state index >= 15 is 0 Å². The maximum atomic E-state index is 12.2. The Balaban J connectivity index is 1.78. The Morgan fingerprint density at radius 3 is 2.48 bits per heavy atom. The predicted molar refractivity (Wildman–Crippen MR) is 109 cm³/mol. The van der Waals surface area contributed by atoms with Crippen LogP contribution >= 0.6 is 23.2 Å².